The molecule has 4 aliphatic rings. The predicted molar refractivity (Wildman–Crippen MR) is 433 cm³/mol. The van der Waals surface area contributed by atoms with E-state index in [9.17, 15) is 36.7 Å². The summed E-state index contributed by atoms with van der Waals surface area (Å²) in [6, 6.07) is 38.1. The number of anilines is 4. The maximum Gasteiger partial charge on any atom is 0.259 e. The SMILES string of the molecule is COc1ccc(-c2ccc3nc(N4CCC(N)CC4)cc(=O)n3c2)cc1F.COc1ccc(-c2ccc3nc(N4CC[C@@H](N(C)C)C4)cc(=O)n3c2)cc1F.COc1ccc(-c2ccc3nc(N4CC[C@H](N(C)C)C4)cc(=O)n3c2)cc1F.Cc1cn2cc(-c3cc(=O)n4cc(N5CC[C@H](N(C)C)C5)ccc4n3)cc(F)c2n1. The first-order chi connectivity index (χ1) is 54.3. The van der Waals surface area contributed by atoms with Gasteiger partial charge >= 0.3 is 0 Å². The quantitative estimate of drug-likeness (QED) is 0.0998. The van der Waals surface area contributed by atoms with Gasteiger partial charge in [0.15, 0.2) is 46.2 Å². The summed E-state index contributed by atoms with van der Waals surface area (Å²) >= 11 is 0. The van der Waals surface area contributed by atoms with E-state index in [0.29, 0.717) is 86.1 Å². The van der Waals surface area contributed by atoms with Gasteiger partial charge in [0.2, 0.25) is 0 Å². The minimum absolute atomic E-state index is 0.149. The number of hydrogen-bond donors (Lipinski definition) is 1. The molecule has 0 saturated carbocycles. The molecule has 13 aromatic rings. The average molecular weight is 1540 g/mol. The van der Waals surface area contributed by atoms with Crippen molar-refractivity contribution in [1.82, 2.24) is 61.6 Å². The van der Waals surface area contributed by atoms with Crippen molar-refractivity contribution in [3.05, 3.63) is 241 Å². The Kier molecular flexibility index (Phi) is 22.7. The van der Waals surface area contributed by atoms with E-state index >= 15 is 0 Å². The fraction of sp³-hybridized carbons (Fsp3) is 0.321. The number of likely N-dealkylation sites (N-methyl/N-ethyl adjacent to an activating group) is 3. The van der Waals surface area contributed by atoms with Crippen LogP contribution in [0.3, 0.4) is 0 Å². The Labute approximate surface area is 649 Å². The van der Waals surface area contributed by atoms with Gasteiger partial charge in [0.1, 0.15) is 40.0 Å². The Balaban J connectivity index is 0.000000125. The van der Waals surface area contributed by atoms with E-state index in [4.69, 9.17) is 19.9 Å². The molecule has 4 fully saturated rings. The van der Waals surface area contributed by atoms with Crippen molar-refractivity contribution >= 4 is 51.4 Å². The first-order valence-electron chi connectivity index (χ1n) is 37.4. The number of imidazole rings is 1. The number of methoxy groups -OCH3 is 3. The van der Waals surface area contributed by atoms with E-state index in [1.54, 1.807) is 113 Å². The molecule has 10 aromatic heterocycles. The third-order valence-corrected chi connectivity index (χ3v) is 21.5. The van der Waals surface area contributed by atoms with E-state index in [1.807, 2.05) is 43.5 Å². The summed E-state index contributed by atoms with van der Waals surface area (Å²) in [5.74, 6) is 0.886. The molecule has 25 nitrogen and oxygen atoms in total. The molecule has 0 unspecified atom stereocenters. The van der Waals surface area contributed by atoms with Gasteiger partial charge in [0, 0.05) is 144 Å². The number of fused-ring (bicyclic) bond motifs is 5. The van der Waals surface area contributed by atoms with Gasteiger partial charge in [-0.25, -0.2) is 42.5 Å². The van der Waals surface area contributed by atoms with Gasteiger partial charge < -0.3 is 58.6 Å². The second kappa shape index (κ2) is 33.1. The van der Waals surface area contributed by atoms with Gasteiger partial charge in [-0.1, -0.05) is 18.2 Å². The molecular weight excluding hydrogens is 1450 g/mol. The first kappa shape index (κ1) is 77.7. The Bertz CT molecular complexity index is 5790. The standard InChI is InChI=1S/C22H23FN6O.2C21H23FN4O2.C20H21FN4O2/c1-14-10-28-11-15(8-18(23)22(28)24-14)19-9-21(30)29-13-17(4-5-20(29)25-19)27-7-6-16(12-27)26(2)3;2*1-24(2)16-8-9-25(13-16)20-11-21(27)26-12-15(5-7-19(26)23-20)14-4-6-18(28-3)17(22)10-14;1-27-17-4-2-13(10-16(17)21)14-3-5-18-23-19(11-20(26)25(18)12-14)24-8-6-15(22)7-9-24/h4-5,8-11,13,16H,6-7,12H2,1-3H3;2*4-7,10-12,16H,8-9,13H2,1-3H3;2-5,10-12,15H,6-9,22H2,1H3/t3*16-;/m010./s1. The molecular formula is C84H90F4N18O7. The van der Waals surface area contributed by atoms with Crippen molar-refractivity contribution in [3.63, 3.8) is 0 Å². The summed E-state index contributed by atoms with van der Waals surface area (Å²) < 4.78 is 79.1. The number of halogens is 4. The highest BCUT2D eigenvalue weighted by atomic mass is 19.1. The summed E-state index contributed by atoms with van der Waals surface area (Å²) in [4.78, 5) is 89.0. The van der Waals surface area contributed by atoms with Gasteiger partial charge in [0.25, 0.3) is 22.2 Å². The van der Waals surface area contributed by atoms with Crippen LogP contribution in [-0.2, 0) is 0 Å². The largest absolute Gasteiger partial charge is 0.494 e. The molecule has 4 saturated heterocycles. The smallest absolute Gasteiger partial charge is 0.259 e. The van der Waals surface area contributed by atoms with Gasteiger partial charge in [-0.2, -0.15) is 0 Å². The highest BCUT2D eigenvalue weighted by Crippen LogP contribution is 2.32. The lowest BCUT2D eigenvalue weighted by Crippen LogP contribution is -2.40. The molecule has 113 heavy (non-hydrogen) atoms. The molecule has 0 amide bonds. The van der Waals surface area contributed by atoms with Crippen LogP contribution in [0, 0.1) is 30.2 Å². The van der Waals surface area contributed by atoms with Crippen LogP contribution >= 0.6 is 0 Å². The summed E-state index contributed by atoms with van der Waals surface area (Å²) in [7, 11) is 16.7. The third-order valence-electron chi connectivity index (χ3n) is 21.5. The van der Waals surface area contributed by atoms with Crippen LogP contribution in [0.1, 0.15) is 37.8 Å². The maximum atomic E-state index is 14.5. The van der Waals surface area contributed by atoms with Gasteiger partial charge in [-0.3, -0.25) is 36.8 Å². The van der Waals surface area contributed by atoms with Crippen molar-refractivity contribution < 1.29 is 31.8 Å². The number of benzene rings is 3. The summed E-state index contributed by atoms with van der Waals surface area (Å²) in [6.07, 6.45) is 15.4. The lowest BCUT2D eigenvalue weighted by atomic mass is 10.1. The van der Waals surface area contributed by atoms with Crippen molar-refractivity contribution in [3.8, 4) is 61.9 Å². The number of nitrogens with zero attached hydrogens (tertiary/aromatic N) is 17. The number of nitrogens with two attached hydrogens (primary N) is 1. The Hall–Kier alpha value is -12.1. The fourth-order valence-corrected chi connectivity index (χ4v) is 14.8. The number of piperidine rings is 1. The Morgan fingerprint density at radius 3 is 1.13 bits per heavy atom. The molecule has 0 bridgehead atoms. The molecule has 3 atom stereocenters. The zero-order valence-corrected chi connectivity index (χ0v) is 64.7. The zero-order chi connectivity index (χ0) is 79.6. The van der Waals surface area contributed by atoms with Crippen LogP contribution in [0.25, 0.3) is 72.9 Å². The topological polar surface area (TPSA) is 231 Å². The number of aryl methyl sites for hydroxylation is 1. The van der Waals surface area contributed by atoms with Gasteiger partial charge in [-0.15, -0.1) is 0 Å². The number of rotatable bonds is 14. The molecule has 3 aromatic carbocycles. The van der Waals surface area contributed by atoms with Crippen LogP contribution in [0.5, 0.6) is 17.2 Å². The molecule has 29 heteroatoms. The minimum Gasteiger partial charge on any atom is -0.494 e. The molecule has 14 heterocycles. The van der Waals surface area contributed by atoms with E-state index < -0.39 is 23.3 Å². The number of pyridine rings is 5. The van der Waals surface area contributed by atoms with Crippen LogP contribution in [0.4, 0.5) is 40.7 Å². The number of hydrogen-bond acceptors (Lipinski definition) is 20. The first-order valence-corrected chi connectivity index (χ1v) is 37.4. The van der Waals surface area contributed by atoms with E-state index in [0.717, 1.165) is 113 Å². The van der Waals surface area contributed by atoms with Crippen molar-refractivity contribution in [1.29, 1.82) is 0 Å². The van der Waals surface area contributed by atoms with Crippen LogP contribution in [0.15, 0.2) is 190 Å². The fourth-order valence-electron chi connectivity index (χ4n) is 14.8. The van der Waals surface area contributed by atoms with Crippen molar-refractivity contribution in [2.24, 2.45) is 5.73 Å². The Morgan fingerprint density at radius 1 is 0.372 bits per heavy atom. The third kappa shape index (κ3) is 16.9. The molecule has 17 rings (SSSR count). The molecule has 2 N–H and O–H groups in total. The van der Waals surface area contributed by atoms with Gasteiger partial charge in [0.05, 0.1) is 38.4 Å². The maximum absolute atomic E-state index is 14.5. The lowest BCUT2D eigenvalue weighted by Gasteiger charge is -2.31. The summed E-state index contributed by atoms with van der Waals surface area (Å²) in [5, 5.41) is 0. The lowest BCUT2D eigenvalue weighted by molar-refractivity contribution is 0.315. The van der Waals surface area contributed by atoms with Crippen LogP contribution in [0.2, 0.25) is 0 Å². The van der Waals surface area contributed by atoms with Crippen LogP contribution in [-0.4, -0.2) is 202 Å². The number of aromatic nitrogens is 10. The zero-order valence-electron chi connectivity index (χ0n) is 64.7. The average Bonchev–Trinajstić information content (AvgIpc) is 1.74. The molecule has 0 spiro atoms. The minimum atomic E-state index is -0.445. The molecule has 4 aliphatic heterocycles. The van der Waals surface area contributed by atoms with E-state index in [1.165, 1.54) is 64.9 Å². The predicted octanol–water partition coefficient (Wildman–Crippen LogP) is 10.3. The summed E-state index contributed by atoms with van der Waals surface area (Å²) in [6.45, 7) is 8.78. The normalized spacial score (nSPS) is 16.5. The summed E-state index contributed by atoms with van der Waals surface area (Å²) in [5.41, 5.74) is 14.7. The van der Waals surface area contributed by atoms with Crippen LogP contribution < -0.4 is 61.8 Å². The molecule has 586 valence electrons. The molecule has 0 aliphatic carbocycles. The second-order valence-corrected chi connectivity index (χ2v) is 29.5. The number of ether oxygens (including phenoxy) is 3. The van der Waals surface area contributed by atoms with Crippen molar-refractivity contribution in [2.75, 3.05) is 136 Å². The highest BCUT2D eigenvalue weighted by molar-refractivity contribution is 5.70. The van der Waals surface area contributed by atoms with Gasteiger partial charge in [-0.05, 0) is 206 Å². The van der Waals surface area contributed by atoms with E-state index in [2.05, 4.69) is 102 Å². The highest BCUT2D eigenvalue weighted by Gasteiger charge is 2.29. The van der Waals surface area contributed by atoms with E-state index in [-0.39, 0.29) is 51.2 Å². The van der Waals surface area contributed by atoms with Crippen molar-refractivity contribution in [2.45, 2.75) is 63.2 Å². The Morgan fingerprint density at radius 2 is 0.726 bits per heavy atom. The monoisotopic (exact) mass is 1540 g/mol. The second-order valence-electron chi connectivity index (χ2n) is 29.5. The molecule has 0 radical (unpaired) electrons.